The fourth-order valence-corrected chi connectivity index (χ4v) is 1.63. The molecule has 1 rings (SSSR count). The van der Waals surface area contributed by atoms with Crippen molar-refractivity contribution in [3.8, 4) is 0 Å². The number of rotatable bonds is 11. The summed E-state index contributed by atoms with van der Waals surface area (Å²) in [6.45, 7) is 2.22. The second-order valence-corrected chi connectivity index (χ2v) is 4.19. The van der Waals surface area contributed by atoms with E-state index in [1.165, 1.54) is 0 Å². The first-order valence-corrected chi connectivity index (χ1v) is 6.61. The van der Waals surface area contributed by atoms with Crippen LogP contribution in [0, 0.1) is 0 Å². The molecule has 0 heterocycles. The van der Waals surface area contributed by atoms with Crippen molar-refractivity contribution in [2.75, 3.05) is 52.6 Å². The minimum atomic E-state index is -0.0914. The molecule has 6 nitrogen and oxygen atoms in total. The lowest BCUT2D eigenvalue weighted by Crippen LogP contribution is -2.24. The number of nitrogens with one attached hydrogen (secondary N) is 2. The minimum Gasteiger partial charge on any atom is -0.395 e. The highest BCUT2D eigenvalue weighted by Gasteiger charge is 2.10. The van der Waals surface area contributed by atoms with E-state index in [1.807, 2.05) is 24.3 Å². The first kappa shape index (κ1) is 16.9. The maximum Gasteiger partial charge on any atom is 0.105 e. The fourth-order valence-electron chi connectivity index (χ4n) is 1.63. The summed E-state index contributed by atoms with van der Waals surface area (Å²) in [5, 5.41) is 8.67. The number of aliphatic hydroxyl groups excluding tert-OH is 1. The molecule has 6 heteroatoms. The molecule has 3 N–H and O–H groups in total. The van der Waals surface area contributed by atoms with Gasteiger partial charge in [-0.05, 0) is 17.7 Å². The first-order valence-electron chi connectivity index (χ1n) is 6.61. The maximum atomic E-state index is 8.67. The van der Waals surface area contributed by atoms with Crippen molar-refractivity contribution in [2.45, 2.75) is 6.10 Å². The van der Waals surface area contributed by atoms with E-state index >= 15 is 0 Å². The number of ether oxygens (including phenoxy) is 3. The van der Waals surface area contributed by atoms with Gasteiger partial charge >= 0.3 is 0 Å². The molecule has 0 saturated carbocycles. The van der Waals surface area contributed by atoms with Crippen LogP contribution in [0.3, 0.4) is 0 Å². The van der Waals surface area contributed by atoms with Crippen LogP contribution in [0.2, 0.25) is 0 Å². The Morgan fingerprint density at radius 1 is 1.15 bits per heavy atom. The van der Waals surface area contributed by atoms with Gasteiger partial charge in [-0.3, -0.25) is 0 Å². The second-order valence-electron chi connectivity index (χ2n) is 4.19. The van der Waals surface area contributed by atoms with Crippen LogP contribution in [0.4, 0.5) is 5.69 Å². The van der Waals surface area contributed by atoms with E-state index in [2.05, 4.69) is 10.9 Å². The lowest BCUT2D eigenvalue weighted by atomic mass is 10.1. The van der Waals surface area contributed by atoms with E-state index in [1.54, 1.807) is 14.2 Å². The van der Waals surface area contributed by atoms with E-state index in [-0.39, 0.29) is 12.7 Å². The Labute approximate surface area is 120 Å². The summed E-state index contributed by atoms with van der Waals surface area (Å²) >= 11 is 0. The van der Waals surface area contributed by atoms with Crippen LogP contribution in [0.5, 0.6) is 0 Å². The highest BCUT2D eigenvalue weighted by atomic mass is 16.5. The highest BCUT2D eigenvalue weighted by Crippen LogP contribution is 2.19. The van der Waals surface area contributed by atoms with E-state index in [0.29, 0.717) is 26.4 Å². The van der Waals surface area contributed by atoms with Gasteiger partial charge in [-0.25, -0.2) is 5.43 Å². The zero-order valence-electron chi connectivity index (χ0n) is 12.1. The second kappa shape index (κ2) is 10.6. The van der Waals surface area contributed by atoms with Crippen molar-refractivity contribution in [1.29, 1.82) is 0 Å². The average molecular weight is 284 g/mol. The summed E-state index contributed by atoms with van der Waals surface area (Å²) in [6, 6.07) is 7.86. The smallest absolute Gasteiger partial charge is 0.105 e. The molecule has 0 aliphatic carbocycles. The number of hydrogen-bond donors (Lipinski definition) is 3. The molecule has 0 aliphatic rings. The molecule has 0 radical (unpaired) electrons. The summed E-state index contributed by atoms with van der Waals surface area (Å²) in [4.78, 5) is 0. The van der Waals surface area contributed by atoms with Gasteiger partial charge in [-0.2, -0.15) is 0 Å². The molecule has 0 spiro atoms. The Bertz CT molecular complexity index is 346. The fraction of sp³-hybridized carbons (Fsp3) is 0.571. The molecule has 0 bridgehead atoms. The molecule has 0 aliphatic heterocycles. The van der Waals surface area contributed by atoms with Crippen LogP contribution in [-0.4, -0.2) is 52.3 Å². The van der Waals surface area contributed by atoms with Gasteiger partial charge in [0.05, 0.1) is 26.4 Å². The van der Waals surface area contributed by atoms with E-state index in [4.69, 9.17) is 19.3 Å². The standard InChI is InChI=1S/C14H24N2O4/c1-18-9-10-20-11-14(19-2)12-3-5-13(6-4-12)16-15-7-8-17/h3-6,14-17H,7-11H2,1-2H3. The number of benzene rings is 1. The quantitative estimate of drug-likeness (QED) is 0.415. The third-order valence-corrected chi connectivity index (χ3v) is 2.74. The molecular weight excluding hydrogens is 260 g/mol. The Kier molecular flexibility index (Phi) is 8.93. The van der Waals surface area contributed by atoms with Gasteiger partial charge < -0.3 is 24.7 Å². The summed E-state index contributed by atoms with van der Waals surface area (Å²) in [5.74, 6) is 0. The molecule has 114 valence electrons. The van der Waals surface area contributed by atoms with Crippen LogP contribution in [0.1, 0.15) is 11.7 Å². The molecule has 0 aromatic heterocycles. The van der Waals surface area contributed by atoms with Gasteiger partial charge in [0, 0.05) is 26.5 Å². The molecule has 0 amide bonds. The van der Waals surface area contributed by atoms with Crippen molar-refractivity contribution in [3.05, 3.63) is 29.8 Å². The van der Waals surface area contributed by atoms with Gasteiger partial charge in [-0.15, -0.1) is 0 Å². The minimum absolute atomic E-state index is 0.0914. The topological polar surface area (TPSA) is 72.0 Å². The first-order chi connectivity index (χ1) is 9.81. The van der Waals surface area contributed by atoms with E-state index in [0.717, 1.165) is 11.3 Å². The van der Waals surface area contributed by atoms with Crippen LogP contribution in [-0.2, 0) is 14.2 Å². The lowest BCUT2D eigenvalue weighted by Gasteiger charge is -2.16. The van der Waals surface area contributed by atoms with Gasteiger partial charge in [0.25, 0.3) is 0 Å². The van der Waals surface area contributed by atoms with Gasteiger partial charge in [-0.1, -0.05) is 12.1 Å². The third kappa shape index (κ3) is 6.31. The van der Waals surface area contributed by atoms with Gasteiger partial charge in [0.15, 0.2) is 0 Å². The van der Waals surface area contributed by atoms with Crippen molar-refractivity contribution < 1.29 is 19.3 Å². The average Bonchev–Trinajstić information content (AvgIpc) is 2.49. The third-order valence-electron chi connectivity index (χ3n) is 2.74. The number of methoxy groups -OCH3 is 2. The summed E-state index contributed by atoms with van der Waals surface area (Å²) in [7, 11) is 3.31. The monoisotopic (exact) mass is 284 g/mol. The summed E-state index contributed by atoms with van der Waals surface area (Å²) in [6.07, 6.45) is -0.0914. The Balaban J connectivity index is 2.43. The molecule has 0 saturated heterocycles. The number of anilines is 1. The lowest BCUT2D eigenvalue weighted by molar-refractivity contribution is -0.00823. The summed E-state index contributed by atoms with van der Waals surface area (Å²) < 4.78 is 15.8. The van der Waals surface area contributed by atoms with Gasteiger partial charge in [0.1, 0.15) is 6.10 Å². The predicted octanol–water partition coefficient (Wildman–Crippen LogP) is 0.946. The Morgan fingerprint density at radius 3 is 2.50 bits per heavy atom. The van der Waals surface area contributed by atoms with Crippen molar-refractivity contribution in [1.82, 2.24) is 5.43 Å². The largest absolute Gasteiger partial charge is 0.395 e. The molecule has 0 fully saturated rings. The van der Waals surface area contributed by atoms with Crippen LogP contribution >= 0.6 is 0 Å². The van der Waals surface area contributed by atoms with Crippen LogP contribution in [0.15, 0.2) is 24.3 Å². The number of hydrogen-bond acceptors (Lipinski definition) is 6. The Hall–Kier alpha value is -1.18. The van der Waals surface area contributed by atoms with Gasteiger partial charge in [0.2, 0.25) is 0 Å². The normalized spacial score (nSPS) is 12.3. The molecular formula is C14H24N2O4. The van der Waals surface area contributed by atoms with Crippen LogP contribution in [0.25, 0.3) is 0 Å². The van der Waals surface area contributed by atoms with E-state index < -0.39 is 0 Å². The van der Waals surface area contributed by atoms with Crippen molar-refractivity contribution in [3.63, 3.8) is 0 Å². The molecule has 20 heavy (non-hydrogen) atoms. The highest BCUT2D eigenvalue weighted by molar-refractivity contribution is 5.44. The number of aliphatic hydroxyl groups is 1. The maximum absolute atomic E-state index is 8.67. The van der Waals surface area contributed by atoms with Crippen molar-refractivity contribution in [2.24, 2.45) is 0 Å². The number of hydrazine groups is 1. The van der Waals surface area contributed by atoms with Crippen molar-refractivity contribution >= 4 is 5.69 Å². The SMILES string of the molecule is COCCOCC(OC)c1ccc(NNCCO)cc1. The van der Waals surface area contributed by atoms with Crippen LogP contribution < -0.4 is 10.9 Å². The molecule has 1 atom stereocenters. The van der Waals surface area contributed by atoms with E-state index in [9.17, 15) is 0 Å². The zero-order chi connectivity index (χ0) is 14.6. The molecule has 1 aromatic rings. The predicted molar refractivity (Wildman–Crippen MR) is 77.6 cm³/mol. The molecule has 1 aromatic carbocycles. The molecule has 1 unspecified atom stereocenters. The Morgan fingerprint density at radius 2 is 1.90 bits per heavy atom. The summed E-state index contributed by atoms with van der Waals surface area (Å²) in [5.41, 5.74) is 7.87. The zero-order valence-corrected chi connectivity index (χ0v) is 12.1.